The van der Waals surface area contributed by atoms with Crippen molar-refractivity contribution < 1.29 is 28.1 Å². The van der Waals surface area contributed by atoms with E-state index in [1.807, 2.05) is 0 Å². The molecular weight excluding hydrogens is 431 g/mol. The summed E-state index contributed by atoms with van der Waals surface area (Å²) in [5.74, 6) is -0.500. The van der Waals surface area contributed by atoms with E-state index in [1.165, 1.54) is 17.3 Å². The van der Waals surface area contributed by atoms with E-state index in [9.17, 15) is 14.0 Å². The lowest BCUT2D eigenvalue weighted by molar-refractivity contribution is -0.742. The Morgan fingerprint density at radius 2 is 2.09 bits per heavy atom. The van der Waals surface area contributed by atoms with Crippen molar-refractivity contribution in [2.75, 3.05) is 24.6 Å². The molecule has 1 saturated heterocycles. The number of benzene rings is 2. The lowest BCUT2D eigenvalue weighted by atomic mass is 10.0. The van der Waals surface area contributed by atoms with Crippen molar-refractivity contribution >= 4 is 17.7 Å². The minimum atomic E-state index is -0.654. The van der Waals surface area contributed by atoms with Gasteiger partial charge in [0.25, 0.3) is 5.82 Å². The number of esters is 1. The van der Waals surface area contributed by atoms with E-state index < -0.39 is 24.0 Å². The first-order chi connectivity index (χ1) is 16.0. The number of hydrogen-bond donors (Lipinski definition) is 2. The van der Waals surface area contributed by atoms with Gasteiger partial charge in [-0.2, -0.15) is 5.10 Å². The number of cyclic esters (lactones) is 1. The Bertz CT molecular complexity index is 1220. The van der Waals surface area contributed by atoms with Gasteiger partial charge in [0.05, 0.1) is 18.8 Å². The molecule has 11 heteroatoms. The van der Waals surface area contributed by atoms with Gasteiger partial charge in [-0.25, -0.2) is 15.8 Å². The van der Waals surface area contributed by atoms with Crippen LogP contribution < -0.4 is 15.3 Å². The van der Waals surface area contributed by atoms with Gasteiger partial charge in [0.2, 0.25) is 0 Å². The third-order valence-electron chi connectivity index (χ3n) is 5.00. The number of nitrogens with two attached hydrogens (primary N) is 1. The number of carbonyl (C=O) groups excluding carboxylic acids is 2. The largest absolute Gasteiger partial charge is 0.461 e. The Morgan fingerprint density at radius 1 is 1.33 bits per heavy atom. The SMILES string of the molecule is [C-]#[N+]C[n+]1cnc(-c2ccc(-c3ccc(N4C[C@H](COC(=O)CN)OC4=O)cc3F)cc2)[nH]1. The highest BCUT2D eigenvalue weighted by atomic mass is 19.1. The Balaban J connectivity index is 1.47. The monoisotopic (exact) mass is 451 g/mol. The number of aromatic nitrogens is 3. The molecule has 0 bridgehead atoms. The smallest absolute Gasteiger partial charge is 0.414 e. The van der Waals surface area contributed by atoms with Crippen molar-refractivity contribution in [3.63, 3.8) is 0 Å². The van der Waals surface area contributed by atoms with Crippen LogP contribution in [-0.2, 0) is 20.9 Å². The van der Waals surface area contributed by atoms with Crippen LogP contribution >= 0.6 is 0 Å². The summed E-state index contributed by atoms with van der Waals surface area (Å²) < 4.78 is 26.5. The van der Waals surface area contributed by atoms with Crippen molar-refractivity contribution in [1.82, 2.24) is 10.1 Å². The lowest BCUT2D eigenvalue weighted by Gasteiger charge is -2.14. The standard InChI is InChI=1S/C22H19FN6O4/c1-25-12-28-13-26-21(27-28)15-4-2-14(3-5-15)18-7-6-16(8-19(18)23)29-10-17(33-22(29)31)11-32-20(30)9-24/h2-8,13,17H,9-12,24H2/p+1/t17-/m1/s1. The maximum Gasteiger partial charge on any atom is 0.414 e. The number of nitrogens with one attached hydrogen (secondary N) is 1. The predicted octanol–water partition coefficient (Wildman–Crippen LogP) is 1.87. The van der Waals surface area contributed by atoms with Crippen molar-refractivity contribution in [2.45, 2.75) is 12.8 Å². The van der Waals surface area contributed by atoms with E-state index in [-0.39, 0.29) is 26.4 Å². The number of amides is 1. The van der Waals surface area contributed by atoms with E-state index in [4.69, 9.17) is 21.8 Å². The number of halogens is 1. The zero-order chi connectivity index (χ0) is 23.4. The minimum absolute atomic E-state index is 0.112. The summed E-state index contributed by atoms with van der Waals surface area (Å²) in [6, 6.07) is 11.6. The highest BCUT2D eigenvalue weighted by Gasteiger charge is 2.33. The van der Waals surface area contributed by atoms with E-state index in [0.29, 0.717) is 22.6 Å². The summed E-state index contributed by atoms with van der Waals surface area (Å²) in [6.45, 7) is 6.80. The van der Waals surface area contributed by atoms with Gasteiger partial charge >= 0.3 is 25.1 Å². The van der Waals surface area contributed by atoms with Crippen LogP contribution in [0, 0.1) is 12.4 Å². The van der Waals surface area contributed by atoms with E-state index in [0.717, 1.165) is 5.56 Å². The molecule has 3 aromatic rings. The number of anilines is 1. The number of H-pyrrole nitrogens is 1. The second-order valence-electron chi connectivity index (χ2n) is 7.22. The molecule has 3 N–H and O–H groups in total. The third kappa shape index (κ3) is 4.81. The number of aromatic amines is 1. The molecule has 33 heavy (non-hydrogen) atoms. The molecule has 0 spiro atoms. The molecule has 1 aromatic heterocycles. The summed E-state index contributed by atoms with van der Waals surface area (Å²) >= 11 is 0. The van der Waals surface area contributed by atoms with Crippen molar-refractivity contribution in [3.8, 4) is 22.5 Å². The van der Waals surface area contributed by atoms with Crippen molar-refractivity contribution in [2.24, 2.45) is 5.73 Å². The van der Waals surface area contributed by atoms with E-state index in [2.05, 4.69) is 14.9 Å². The fourth-order valence-corrected chi connectivity index (χ4v) is 3.39. The van der Waals surface area contributed by atoms with Gasteiger partial charge in [-0.05, 0) is 40.9 Å². The second kappa shape index (κ2) is 9.46. The quantitative estimate of drug-likeness (QED) is 0.322. The minimum Gasteiger partial charge on any atom is -0.461 e. The number of hydrogen-bond acceptors (Lipinski definition) is 6. The Kier molecular flexibility index (Phi) is 6.28. The highest BCUT2D eigenvalue weighted by molar-refractivity contribution is 5.90. The van der Waals surface area contributed by atoms with Crippen LogP contribution in [0.1, 0.15) is 0 Å². The molecule has 1 aliphatic heterocycles. The Morgan fingerprint density at radius 3 is 2.79 bits per heavy atom. The second-order valence-corrected chi connectivity index (χ2v) is 7.22. The van der Waals surface area contributed by atoms with Gasteiger partial charge in [0.1, 0.15) is 12.4 Å². The molecular formula is C22H20FN6O4+. The molecule has 2 heterocycles. The van der Waals surface area contributed by atoms with Gasteiger partial charge in [0.15, 0.2) is 6.10 Å². The topological polar surface area (TPSA) is 119 Å². The van der Waals surface area contributed by atoms with Gasteiger partial charge in [0, 0.05) is 11.1 Å². The summed E-state index contributed by atoms with van der Waals surface area (Å²) in [5.41, 5.74) is 7.33. The fourth-order valence-electron chi connectivity index (χ4n) is 3.39. The van der Waals surface area contributed by atoms with Crippen LogP contribution in [0.2, 0.25) is 0 Å². The van der Waals surface area contributed by atoms with Crippen LogP contribution in [0.3, 0.4) is 0 Å². The van der Waals surface area contributed by atoms with Gasteiger partial charge in [-0.3, -0.25) is 14.5 Å². The average Bonchev–Trinajstić information content (AvgIpc) is 3.44. The van der Waals surface area contributed by atoms with Crippen LogP contribution in [0.5, 0.6) is 0 Å². The molecule has 0 saturated carbocycles. The predicted molar refractivity (Wildman–Crippen MR) is 114 cm³/mol. The molecule has 168 valence electrons. The number of carbonyl (C=O) groups is 2. The first-order valence-corrected chi connectivity index (χ1v) is 10.0. The highest BCUT2D eigenvalue weighted by Crippen LogP contribution is 2.30. The molecule has 10 nitrogen and oxygen atoms in total. The van der Waals surface area contributed by atoms with Gasteiger partial charge in [-0.1, -0.05) is 16.8 Å². The molecule has 2 aromatic carbocycles. The first-order valence-electron chi connectivity index (χ1n) is 10.0. The maximum absolute atomic E-state index is 14.9. The molecule has 0 unspecified atom stereocenters. The number of nitrogens with zero attached hydrogens (tertiary/aromatic N) is 4. The summed E-state index contributed by atoms with van der Waals surface area (Å²) in [5, 5.41) is 3.00. The zero-order valence-corrected chi connectivity index (χ0v) is 17.4. The van der Waals surface area contributed by atoms with Crippen LogP contribution in [-0.4, -0.2) is 47.9 Å². The van der Waals surface area contributed by atoms with Gasteiger partial charge in [-0.15, -0.1) is 0 Å². The molecule has 1 amide bonds. The van der Waals surface area contributed by atoms with Gasteiger partial charge < -0.3 is 15.2 Å². The van der Waals surface area contributed by atoms with Crippen LogP contribution in [0.4, 0.5) is 14.9 Å². The summed E-state index contributed by atoms with van der Waals surface area (Å²) in [6.07, 6.45) is 0.239. The number of rotatable bonds is 7. The first kappa shape index (κ1) is 21.9. The van der Waals surface area contributed by atoms with Crippen molar-refractivity contribution in [1.29, 1.82) is 0 Å². The fraction of sp³-hybridized carbons (Fsp3) is 0.227. The lowest BCUT2D eigenvalue weighted by Crippen LogP contribution is -2.33. The molecule has 0 radical (unpaired) electrons. The summed E-state index contributed by atoms with van der Waals surface area (Å²) in [4.78, 5) is 32.1. The van der Waals surface area contributed by atoms with E-state index >= 15 is 0 Å². The zero-order valence-electron chi connectivity index (χ0n) is 17.4. The van der Waals surface area contributed by atoms with Crippen LogP contribution in [0.25, 0.3) is 27.4 Å². The van der Waals surface area contributed by atoms with Crippen molar-refractivity contribution in [3.05, 3.63) is 66.0 Å². The number of ether oxygens (including phenoxy) is 2. The van der Waals surface area contributed by atoms with Crippen LogP contribution in [0.15, 0.2) is 48.8 Å². The third-order valence-corrected chi connectivity index (χ3v) is 5.00. The molecule has 1 fully saturated rings. The average molecular weight is 451 g/mol. The molecule has 4 rings (SSSR count). The maximum atomic E-state index is 14.9. The molecule has 1 aliphatic rings. The Hall–Kier alpha value is -4.30. The van der Waals surface area contributed by atoms with E-state index in [1.54, 1.807) is 41.1 Å². The molecule has 0 aliphatic carbocycles. The Labute approximate surface area is 188 Å². The summed E-state index contributed by atoms with van der Waals surface area (Å²) in [7, 11) is 0. The normalized spacial score (nSPS) is 15.2. The molecule has 1 atom stereocenters.